The lowest BCUT2D eigenvalue weighted by Crippen LogP contribution is -2.47. The molecule has 0 fully saturated rings. The topological polar surface area (TPSA) is 114 Å². The summed E-state index contributed by atoms with van der Waals surface area (Å²) >= 11 is 0. The molecule has 0 spiro atoms. The number of esters is 1. The Labute approximate surface area is 463 Å². The fraction of sp³-hybridized carbons (Fsp3) is 0.785. The van der Waals surface area contributed by atoms with Crippen LogP contribution in [0.2, 0.25) is 0 Å². The molecule has 0 rings (SSSR count). The van der Waals surface area contributed by atoms with Gasteiger partial charge in [-0.25, -0.2) is 0 Å². The van der Waals surface area contributed by atoms with Crippen molar-refractivity contribution >= 4 is 19.7 Å². The number of nitrogens with zero attached hydrogens (tertiary/aromatic N) is 1. The molecule has 0 heterocycles. The summed E-state index contributed by atoms with van der Waals surface area (Å²) in [6.07, 6.45) is 70.2. The molecule has 9 nitrogen and oxygen atoms in total. The van der Waals surface area contributed by atoms with Gasteiger partial charge in [0.2, 0.25) is 5.91 Å². The molecule has 0 bridgehead atoms. The van der Waals surface area contributed by atoms with Gasteiger partial charge in [-0.3, -0.25) is 14.2 Å². The first-order valence-electron chi connectivity index (χ1n) is 31.2. The highest BCUT2D eigenvalue weighted by atomic mass is 31.2. The van der Waals surface area contributed by atoms with Gasteiger partial charge in [-0.15, -0.1) is 0 Å². The Balaban J connectivity index is 5.01. The van der Waals surface area contributed by atoms with Crippen LogP contribution in [0.5, 0.6) is 0 Å². The molecule has 436 valence electrons. The lowest BCUT2D eigenvalue weighted by Gasteiger charge is -2.30. The average Bonchev–Trinajstić information content (AvgIpc) is 3.37. The van der Waals surface area contributed by atoms with Crippen LogP contribution in [0, 0.1) is 0 Å². The van der Waals surface area contributed by atoms with Crippen molar-refractivity contribution in [3.63, 3.8) is 0 Å². The van der Waals surface area contributed by atoms with E-state index in [9.17, 15) is 19.0 Å². The third-order valence-corrected chi connectivity index (χ3v) is 14.6. The molecule has 0 saturated carbocycles. The number of nitrogens with one attached hydrogen (secondary N) is 1. The largest absolute Gasteiger partial charge is 0.756 e. The lowest BCUT2D eigenvalue weighted by molar-refractivity contribution is -0.870. The van der Waals surface area contributed by atoms with Gasteiger partial charge in [-0.2, -0.15) is 0 Å². The van der Waals surface area contributed by atoms with Crippen molar-refractivity contribution in [3.8, 4) is 0 Å². The maximum absolute atomic E-state index is 13.5. The number of hydrogen-bond donors (Lipinski definition) is 1. The third kappa shape index (κ3) is 56.0. The Morgan fingerprint density at radius 1 is 0.480 bits per heavy atom. The fourth-order valence-electron chi connectivity index (χ4n) is 8.84. The second kappa shape index (κ2) is 54.8. The molecular formula is C65H119N2O7P. The van der Waals surface area contributed by atoms with Crippen molar-refractivity contribution in [1.29, 1.82) is 0 Å². The van der Waals surface area contributed by atoms with Crippen LogP contribution in [-0.4, -0.2) is 69.4 Å². The Bertz CT molecular complexity index is 1510. The summed E-state index contributed by atoms with van der Waals surface area (Å²) in [4.78, 5) is 39.9. The number of ether oxygens (including phenoxy) is 1. The Morgan fingerprint density at radius 3 is 1.28 bits per heavy atom. The van der Waals surface area contributed by atoms with Crippen LogP contribution in [0.4, 0.5) is 0 Å². The number of amides is 1. The number of quaternary nitrogens is 1. The van der Waals surface area contributed by atoms with E-state index in [0.29, 0.717) is 17.4 Å². The number of rotatable bonds is 56. The first-order valence-corrected chi connectivity index (χ1v) is 32.7. The van der Waals surface area contributed by atoms with E-state index in [1.165, 1.54) is 154 Å². The maximum Gasteiger partial charge on any atom is 0.306 e. The first kappa shape index (κ1) is 72.5. The van der Waals surface area contributed by atoms with Gasteiger partial charge in [0.1, 0.15) is 19.3 Å². The van der Waals surface area contributed by atoms with Crippen LogP contribution in [0.25, 0.3) is 0 Å². The minimum absolute atomic E-state index is 0.0231. The molecule has 0 aliphatic rings. The average molecular weight is 1070 g/mol. The quantitative estimate of drug-likeness (QED) is 0.0212. The van der Waals surface area contributed by atoms with Gasteiger partial charge in [0.25, 0.3) is 7.82 Å². The second-order valence-corrected chi connectivity index (χ2v) is 23.6. The summed E-state index contributed by atoms with van der Waals surface area (Å²) in [5.74, 6) is -0.542. The van der Waals surface area contributed by atoms with E-state index in [1.54, 1.807) is 0 Å². The van der Waals surface area contributed by atoms with E-state index < -0.39 is 20.0 Å². The van der Waals surface area contributed by atoms with Crippen LogP contribution in [0.15, 0.2) is 72.9 Å². The molecule has 0 aliphatic heterocycles. The zero-order chi connectivity index (χ0) is 55.0. The summed E-state index contributed by atoms with van der Waals surface area (Å²) in [7, 11) is 1.18. The Kier molecular flexibility index (Phi) is 52.9. The molecule has 1 amide bonds. The number of allylic oxidation sites excluding steroid dienone is 11. The fourth-order valence-corrected chi connectivity index (χ4v) is 9.57. The molecule has 0 aromatic rings. The van der Waals surface area contributed by atoms with Crippen LogP contribution in [0.1, 0.15) is 278 Å². The minimum Gasteiger partial charge on any atom is -0.756 e. The van der Waals surface area contributed by atoms with Gasteiger partial charge in [-0.1, -0.05) is 261 Å². The second-order valence-electron chi connectivity index (χ2n) is 22.2. The molecule has 3 atom stereocenters. The van der Waals surface area contributed by atoms with Crippen LogP contribution in [-0.2, 0) is 27.9 Å². The van der Waals surface area contributed by atoms with Crippen molar-refractivity contribution in [1.82, 2.24) is 5.32 Å². The molecule has 75 heavy (non-hydrogen) atoms. The smallest absolute Gasteiger partial charge is 0.306 e. The van der Waals surface area contributed by atoms with E-state index in [4.69, 9.17) is 13.8 Å². The van der Waals surface area contributed by atoms with Crippen molar-refractivity contribution in [2.75, 3.05) is 40.9 Å². The molecule has 10 heteroatoms. The summed E-state index contributed by atoms with van der Waals surface area (Å²) < 4.78 is 30.2. The maximum atomic E-state index is 13.5. The normalized spacial score (nSPS) is 14.2. The van der Waals surface area contributed by atoms with E-state index in [2.05, 4.69) is 86.8 Å². The summed E-state index contributed by atoms with van der Waals surface area (Å²) in [6.45, 7) is 6.72. The standard InChI is InChI=1S/C65H119N2O7P/c1-7-10-13-16-19-22-25-26-27-28-29-30-31-32-33-34-35-36-37-38-39-40-43-46-49-52-55-58-65(69)74-63(56-53-50-47-44-41-23-20-17-14-11-8-2)62(61-73-75(70,71)72-60-59-67(4,5)6)66-64(68)57-54-51-48-45-42-24-21-18-15-12-9-3/h10,13,19,22,26-27,29-30,32-33,53,56,62-63H,7-9,11-12,14-18,20-21,23-25,28,31,34-52,54-55,57-61H2,1-6H3,(H-,66,68,70,71)/b13-10-,22-19-,27-26-,30-29-,33-32-,56-53-. The van der Waals surface area contributed by atoms with Crippen LogP contribution >= 0.6 is 7.82 Å². The number of likely N-dealkylation sites (N-methyl/N-ethyl adjacent to an activating group) is 1. The van der Waals surface area contributed by atoms with Gasteiger partial charge < -0.3 is 28.5 Å². The predicted octanol–water partition coefficient (Wildman–Crippen LogP) is 18.6. The molecule has 0 aromatic heterocycles. The molecule has 0 saturated heterocycles. The van der Waals surface area contributed by atoms with Crippen molar-refractivity contribution in [2.24, 2.45) is 0 Å². The zero-order valence-corrected chi connectivity index (χ0v) is 50.6. The van der Waals surface area contributed by atoms with E-state index >= 15 is 0 Å². The third-order valence-electron chi connectivity index (χ3n) is 13.7. The SMILES string of the molecule is CC/C=C\C/C=C\C/C=C\C/C=C\C/C=C\CCCCCCCCCCCCCC(=O)OC(/C=C\CCCCCCCCCCC)C(COP(=O)([O-])OCC[N+](C)(C)C)NC(=O)CCCCCCCCCCCCC. The Morgan fingerprint density at radius 2 is 0.853 bits per heavy atom. The lowest BCUT2D eigenvalue weighted by atomic mass is 10.0. The van der Waals surface area contributed by atoms with Gasteiger partial charge in [0, 0.05) is 12.8 Å². The van der Waals surface area contributed by atoms with E-state index in [0.717, 1.165) is 89.9 Å². The van der Waals surface area contributed by atoms with Gasteiger partial charge in [0.05, 0.1) is 33.8 Å². The van der Waals surface area contributed by atoms with Gasteiger partial charge in [-0.05, 0) is 76.7 Å². The molecule has 0 aromatic carbocycles. The molecular weight excluding hydrogens is 952 g/mol. The summed E-state index contributed by atoms with van der Waals surface area (Å²) in [6, 6.07) is -0.887. The first-order chi connectivity index (χ1) is 36.4. The highest BCUT2D eigenvalue weighted by Gasteiger charge is 2.27. The van der Waals surface area contributed by atoms with E-state index in [-0.39, 0.29) is 31.5 Å². The molecule has 0 aliphatic carbocycles. The number of phosphoric acid groups is 1. The van der Waals surface area contributed by atoms with Crippen molar-refractivity contribution in [2.45, 2.75) is 290 Å². The molecule has 1 N–H and O–H groups in total. The highest BCUT2D eigenvalue weighted by Crippen LogP contribution is 2.38. The van der Waals surface area contributed by atoms with Crippen LogP contribution in [0.3, 0.4) is 0 Å². The number of unbranched alkanes of at least 4 members (excludes halogenated alkanes) is 30. The number of carbonyl (C=O) groups excluding carboxylic acids is 2. The van der Waals surface area contributed by atoms with E-state index in [1.807, 2.05) is 33.3 Å². The van der Waals surface area contributed by atoms with Crippen LogP contribution < -0.4 is 10.2 Å². The minimum atomic E-state index is -4.69. The number of carbonyl (C=O) groups is 2. The predicted molar refractivity (Wildman–Crippen MR) is 321 cm³/mol. The van der Waals surface area contributed by atoms with Crippen molar-refractivity contribution < 1.29 is 37.3 Å². The zero-order valence-electron chi connectivity index (χ0n) is 49.7. The Hall–Kier alpha value is -2.55. The van der Waals surface area contributed by atoms with Gasteiger partial charge >= 0.3 is 5.97 Å². The highest BCUT2D eigenvalue weighted by molar-refractivity contribution is 7.45. The summed E-state index contributed by atoms with van der Waals surface area (Å²) in [5.41, 5.74) is 0. The number of hydrogen-bond acceptors (Lipinski definition) is 7. The molecule has 0 radical (unpaired) electrons. The van der Waals surface area contributed by atoms with Crippen molar-refractivity contribution in [3.05, 3.63) is 72.9 Å². The summed E-state index contributed by atoms with van der Waals surface area (Å²) in [5, 5.41) is 3.02. The monoisotopic (exact) mass is 1070 g/mol. The van der Waals surface area contributed by atoms with Gasteiger partial charge in [0.15, 0.2) is 0 Å². The number of phosphoric ester groups is 1. The molecule has 3 unspecified atom stereocenters.